The summed E-state index contributed by atoms with van der Waals surface area (Å²) in [4.78, 5) is 23.9. The molecule has 1 saturated heterocycles. The summed E-state index contributed by atoms with van der Waals surface area (Å²) in [6.07, 6.45) is 5.20. The van der Waals surface area contributed by atoms with Gasteiger partial charge in [-0.1, -0.05) is 18.9 Å². The maximum Gasteiger partial charge on any atom is 0.513 e. The molecule has 4 rings (SSSR count). The van der Waals surface area contributed by atoms with Crippen molar-refractivity contribution in [2.45, 2.75) is 77.0 Å². The fourth-order valence-electron chi connectivity index (χ4n) is 6.57. The van der Waals surface area contributed by atoms with Crippen LogP contribution in [0.2, 0.25) is 0 Å². The molecule has 2 aliphatic carbocycles. The van der Waals surface area contributed by atoms with E-state index in [-0.39, 0.29) is 11.6 Å². The zero-order chi connectivity index (χ0) is 22.9. The van der Waals surface area contributed by atoms with Crippen molar-refractivity contribution in [1.29, 1.82) is 0 Å². The van der Waals surface area contributed by atoms with E-state index < -0.39 is 12.3 Å². The number of quaternary nitrogens is 1. The average molecular weight is 447 g/mol. The number of nitrogens with zero attached hydrogens (tertiary/aromatic N) is 1. The third kappa shape index (κ3) is 3.85. The van der Waals surface area contributed by atoms with Crippen molar-refractivity contribution in [3.63, 3.8) is 0 Å². The first-order valence-electron chi connectivity index (χ1n) is 12.0. The number of ether oxygens (including phenoxy) is 4. The number of carbonyl (C=O) groups excluding carboxylic acids is 2. The zero-order valence-corrected chi connectivity index (χ0v) is 19.7. The molecule has 7 heteroatoms. The smallest absolute Gasteiger partial charge is 0.434 e. The van der Waals surface area contributed by atoms with Crippen LogP contribution < -0.4 is 4.74 Å². The lowest BCUT2D eigenvalue weighted by atomic mass is 9.52. The highest BCUT2D eigenvalue weighted by molar-refractivity contribution is 5.64. The van der Waals surface area contributed by atoms with Crippen LogP contribution in [0.3, 0.4) is 0 Å². The molecule has 2 unspecified atom stereocenters. The van der Waals surface area contributed by atoms with Gasteiger partial charge in [-0.3, -0.25) is 4.48 Å². The number of hydrogen-bond acceptors (Lipinski definition) is 6. The highest BCUT2D eigenvalue weighted by Crippen LogP contribution is 2.58. The molecule has 5 atom stereocenters. The van der Waals surface area contributed by atoms with Gasteiger partial charge in [-0.25, -0.2) is 9.59 Å². The van der Waals surface area contributed by atoms with Crippen LogP contribution in [0.15, 0.2) is 18.2 Å². The Balaban J connectivity index is 1.66. The molecule has 1 aromatic carbocycles. The summed E-state index contributed by atoms with van der Waals surface area (Å²) in [6.45, 7) is 7.10. The fourth-order valence-corrected chi connectivity index (χ4v) is 6.57. The molecule has 1 aliphatic heterocycles. The molecule has 32 heavy (non-hydrogen) atoms. The van der Waals surface area contributed by atoms with Crippen LogP contribution >= 0.6 is 0 Å². The fraction of sp³-hybridized carbons (Fsp3) is 0.680. The monoisotopic (exact) mass is 446 g/mol. The first kappa shape index (κ1) is 22.9. The number of fused-ring (bicyclic) bond motifs is 1. The standard InChI is InChI=1S/C25H36NO6/c1-5-29-23(27)31-17(3)26(4)14-13-25-12-8-7-9-20(25)22(26)15-18-10-11-19(16-21(18)25)32-24(28)30-6-2/h10-11,16-17,20,22H,5-9,12-15H2,1-4H3/q+1/t17?,20-,22+,25+,26?/m0/s1. The first-order chi connectivity index (χ1) is 15.3. The van der Waals surface area contributed by atoms with E-state index in [0.717, 1.165) is 25.8 Å². The van der Waals surface area contributed by atoms with E-state index in [9.17, 15) is 9.59 Å². The van der Waals surface area contributed by atoms with Crippen molar-refractivity contribution in [2.75, 3.05) is 26.8 Å². The van der Waals surface area contributed by atoms with E-state index in [1.807, 2.05) is 13.0 Å². The van der Waals surface area contributed by atoms with Gasteiger partial charge in [0.25, 0.3) is 0 Å². The van der Waals surface area contributed by atoms with Crippen molar-refractivity contribution in [3.05, 3.63) is 29.3 Å². The van der Waals surface area contributed by atoms with Gasteiger partial charge in [0.05, 0.1) is 32.8 Å². The molecule has 2 fully saturated rings. The van der Waals surface area contributed by atoms with Crippen LogP contribution in [0.5, 0.6) is 5.75 Å². The molecule has 1 aromatic rings. The Morgan fingerprint density at radius 2 is 1.88 bits per heavy atom. The summed E-state index contributed by atoms with van der Waals surface area (Å²) in [7, 11) is 2.23. The number of hydrogen-bond donors (Lipinski definition) is 0. The second-order valence-corrected chi connectivity index (χ2v) is 9.60. The lowest BCUT2D eigenvalue weighted by Gasteiger charge is -2.62. The topological polar surface area (TPSA) is 71.1 Å². The quantitative estimate of drug-likeness (QED) is 0.362. The largest absolute Gasteiger partial charge is 0.513 e. The summed E-state index contributed by atoms with van der Waals surface area (Å²) in [5.74, 6) is 1.06. The highest BCUT2D eigenvalue weighted by Gasteiger charge is 2.61. The summed E-state index contributed by atoms with van der Waals surface area (Å²) in [5, 5.41) is 0. The molecule has 1 heterocycles. The van der Waals surface area contributed by atoms with Crippen LogP contribution in [-0.2, 0) is 26.0 Å². The molecular weight excluding hydrogens is 410 g/mol. The SMILES string of the molecule is CCOC(=O)Oc1ccc2c(c1)[C@@]13CCCC[C@H]1[C@@H](C2)[N+](C)(C(C)OC(=O)OCC)CC3. The van der Waals surface area contributed by atoms with E-state index >= 15 is 0 Å². The molecule has 3 aliphatic rings. The maximum atomic E-state index is 12.1. The van der Waals surface area contributed by atoms with E-state index in [4.69, 9.17) is 18.9 Å². The van der Waals surface area contributed by atoms with E-state index in [1.165, 1.54) is 30.4 Å². The Hall–Kier alpha value is -2.28. The molecule has 7 nitrogen and oxygen atoms in total. The molecule has 0 spiro atoms. The minimum Gasteiger partial charge on any atom is -0.434 e. The van der Waals surface area contributed by atoms with Gasteiger partial charge in [0.1, 0.15) is 5.75 Å². The first-order valence-corrected chi connectivity index (χ1v) is 12.0. The Morgan fingerprint density at radius 1 is 1.12 bits per heavy atom. The number of likely N-dealkylation sites (N-methyl/N-ethyl adjacent to an activating group) is 1. The lowest BCUT2D eigenvalue weighted by molar-refractivity contribution is -0.982. The number of piperidine rings is 1. The summed E-state index contributed by atoms with van der Waals surface area (Å²) in [5.41, 5.74) is 2.74. The second kappa shape index (κ2) is 8.93. The lowest BCUT2D eigenvalue weighted by Crippen LogP contribution is -2.71. The van der Waals surface area contributed by atoms with Crippen LogP contribution in [0, 0.1) is 5.92 Å². The predicted octanol–water partition coefficient (Wildman–Crippen LogP) is 4.94. The van der Waals surface area contributed by atoms with Gasteiger partial charge in [0, 0.05) is 31.1 Å². The normalized spacial score (nSPS) is 31.5. The molecule has 0 amide bonds. The molecule has 0 aromatic heterocycles. The average Bonchev–Trinajstić information content (AvgIpc) is 2.77. The van der Waals surface area contributed by atoms with E-state index in [2.05, 4.69) is 19.2 Å². The Bertz CT molecular complexity index is 872. The number of carbonyl (C=O) groups is 2. The van der Waals surface area contributed by atoms with Crippen molar-refractivity contribution in [1.82, 2.24) is 0 Å². The van der Waals surface area contributed by atoms with Gasteiger partial charge in [-0.15, -0.1) is 0 Å². The number of likely N-dealkylation sites (tertiary alicyclic amines) is 1. The van der Waals surface area contributed by atoms with Crippen LogP contribution in [0.25, 0.3) is 0 Å². The molecule has 2 bridgehead atoms. The number of rotatable bonds is 5. The maximum absolute atomic E-state index is 12.1. The minimum atomic E-state index is -0.656. The predicted molar refractivity (Wildman–Crippen MR) is 118 cm³/mol. The van der Waals surface area contributed by atoms with Crippen LogP contribution in [0.1, 0.15) is 64.0 Å². The third-order valence-corrected chi connectivity index (χ3v) is 8.23. The Labute approximate surface area is 190 Å². The van der Waals surface area contributed by atoms with Gasteiger partial charge in [-0.05, 0) is 49.9 Å². The molecule has 0 N–H and O–H groups in total. The Kier molecular flexibility index (Phi) is 6.39. The van der Waals surface area contributed by atoms with E-state index in [0.29, 0.717) is 35.4 Å². The van der Waals surface area contributed by atoms with Gasteiger partial charge < -0.3 is 18.9 Å². The van der Waals surface area contributed by atoms with E-state index in [1.54, 1.807) is 13.8 Å². The van der Waals surface area contributed by atoms with Crippen LogP contribution in [0.4, 0.5) is 9.59 Å². The second-order valence-electron chi connectivity index (χ2n) is 9.60. The molecule has 0 radical (unpaired) electrons. The van der Waals surface area contributed by atoms with Crippen molar-refractivity contribution in [2.24, 2.45) is 5.92 Å². The van der Waals surface area contributed by atoms with Crippen LogP contribution in [-0.4, -0.2) is 55.9 Å². The van der Waals surface area contributed by atoms with Gasteiger partial charge >= 0.3 is 12.3 Å². The van der Waals surface area contributed by atoms with Gasteiger partial charge in [0.2, 0.25) is 6.23 Å². The Morgan fingerprint density at radius 3 is 2.62 bits per heavy atom. The van der Waals surface area contributed by atoms with Crippen molar-refractivity contribution in [3.8, 4) is 5.75 Å². The zero-order valence-electron chi connectivity index (χ0n) is 19.7. The van der Waals surface area contributed by atoms with Crippen molar-refractivity contribution < 1.29 is 33.0 Å². The van der Waals surface area contributed by atoms with Crippen molar-refractivity contribution >= 4 is 12.3 Å². The highest BCUT2D eigenvalue weighted by atomic mass is 16.7. The molecule has 176 valence electrons. The minimum absolute atomic E-state index is 0.0892. The van der Waals surface area contributed by atoms with Gasteiger partial charge in [-0.2, -0.15) is 0 Å². The molecule has 1 saturated carbocycles. The summed E-state index contributed by atoms with van der Waals surface area (Å²) >= 11 is 0. The summed E-state index contributed by atoms with van der Waals surface area (Å²) < 4.78 is 21.9. The number of benzene rings is 1. The van der Waals surface area contributed by atoms with Gasteiger partial charge in [0.15, 0.2) is 0 Å². The molecular formula is C25H36NO6+. The summed E-state index contributed by atoms with van der Waals surface area (Å²) in [6, 6.07) is 6.43. The third-order valence-electron chi connectivity index (χ3n) is 8.23.